The normalized spacial score (nSPS) is 22.2. The SMILES string of the molecule is Cc1cc2nc3n(c2cc1C)C(=O)C(NC(=O)CCC1CCCCC1)(C(F)(F)F)N3. The molecule has 1 aliphatic heterocycles. The Hall–Kier alpha value is -2.58. The van der Waals surface area contributed by atoms with E-state index in [0.29, 0.717) is 17.9 Å². The third-order valence-electron chi connectivity index (χ3n) is 6.35. The molecule has 4 rings (SSSR count). The van der Waals surface area contributed by atoms with Gasteiger partial charge in [0.25, 0.3) is 11.6 Å². The van der Waals surface area contributed by atoms with Crippen LogP contribution in [0.15, 0.2) is 12.1 Å². The Bertz CT molecular complexity index is 1010. The number of anilines is 1. The molecule has 1 aromatic carbocycles. The van der Waals surface area contributed by atoms with Crippen molar-refractivity contribution < 1.29 is 22.8 Å². The van der Waals surface area contributed by atoms with Gasteiger partial charge in [-0.15, -0.1) is 0 Å². The number of aromatic nitrogens is 2. The highest BCUT2D eigenvalue weighted by atomic mass is 19.4. The lowest BCUT2D eigenvalue weighted by atomic mass is 9.86. The van der Waals surface area contributed by atoms with E-state index in [-0.39, 0.29) is 17.9 Å². The van der Waals surface area contributed by atoms with Gasteiger partial charge in [0.1, 0.15) is 0 Å². The number of carbonyl (C=O) groups is 2. The summed E-state index contributed by atoms with van der Waals surface area (Å²) in [6, 6.07) is 3.36. The van der Waals surface area contributed by atoms with Crippen LogP contribution in [0, 0.1) is 19.8 Å². The van der Waals surface area contributed by atoms with Crippen molar-refractivity contribution in [1.29, 1.82) is 0 Å². The number of carbonyl (C=O) groups excluding carboxylic acids is 2. The number of benzene rings is 1. The Kier molecular flexibility index (Phi) is 5.02. The Morgan fingerprint density at radius 2 is 1.90 bits per heavy atom. The molecule has 1 amide bonds. The molecule has 1 saturated carbocycles. The van der Waals surface area contributed by atoms with Crippen LogP contribution < -0.4 is 10.6 Å². The van der Waals surface area contributed by atoms with Crippen molar-refractivity contribution in [3.05, 3.63) is 23.3 Å². The summed E-state index contributed by atoms with van der Waals surface area (Å²) in [5.74, 6) is -1.95. The fraction of sp³-hybridized carbons (Fsp3) is 0.571. The van der Waals surface area contributed by atoms with Crippen LogP contribution in [0.1, 0.15) is 60.9 Å². The fourth-order valence-electron chi connectivity index (χ4n) is 4.44. The van der Waals surface area contributed by atoms with E-state index in [1.54, 1.807) is 12.1 Å². The summed E-state index contributed by atoms with van der Waals surface area (Å²) in [7, 11) is 0. The lowest BCUT2D eigenvalue weighted by Crippen LogP contribution is -2.67. The topological polar surface area (TPSA) is 76.0 Å². The first-order valence-electron chi connectivity index (χ1n) is 10.3. The molecule has 6 nitrogen and oxygen atoms in total. The maximum absolute atomic E-state index is 14.1. The van der Waals surface area contributed by atoms with Crippen LogP contribution in [0.25, 0.3) is 11.0 Å². The smallest absolute Gasteiger partial charge is 0.318 e. The van der Waals surface area contributed by atoms with Gasteiger partial charge in [0.15, 0.2) is 0 Å². The molecule has 2 N–H and O–H groups in total. The number of rotatable bonds is 4. The second kappa shape index (κ2) is 7.28. The van der Waals surface area contributed by atoms with Crippen LogP contribution in [0.5, 0.6) is 0 Å². The van der Waals surface area contributed by atoms with Gasteiger partial charge in [-0.3, -0.25) is 9.59 Å². The first-order valence-corrected chi connectivity index (χ1v) is 10.3. The molecule has 2 aliphatic rings. The second-order valence-corrected chi connectivity index (χ2v) is 8.46. The number of aryl methyl sites for hydroxylation is 2. The van der Waals surface area contributed by atoms with Gasteiger partial charge in [-0.1, -0.05) is 32.1 Å². The first kappa shape index (κ1) is 20.7. The molecule has 1 aliphatic carbocycles. The van der Waals surface area contributed by atoms with Gasteiger partial charge in [0.2, 0.25) is 11.9 Å². The summed E-state index contributed by atoms with van der Waals surface area (Å²) < 4.78 is 43.1. The Labute approximate surface area is 172 Å². The van der Waals surface area contributed by atoms with E-state index in [0.717, 1.165) is 47.8 Å². The third kappa shape index (κ3) is 3.33. The van der Waals surface area contributed by atoms with Crippen LogP contribution in [0.4, 0.5) is 19.1 Å². The van der Waals surface area contributed by atoms with Gasteiger partial charge in [-0.2, -0.15) is 13.2 Å². The number of alkyl halides is 3. The predicted molar refractivity (Wildman–Crippen MR) is 106 cm³/mol. The predicted octanol–water partition coefficient (Wildman–Crippen LogP) is 4.45. The summed E-state index contributed by atoms with van der Waals surface area (Å²) >= 11 is 0. The molecule has 1 aromatic heterocycles. The van der Waals surface area contributed by atoms with Gasteiger partial charge in [-0.05, 0) is 49.4 Å². The molecule has 9 heteroatoms. The van der Waals surface area contributed by atoms with Gasteiger partial charge in [0, 0.05) is 6.42 Å². The quantitative estimate of drug-likeness (QED) is 0.763. The average Bonchev–Trinajstić information content (AvgIpc) is 3.15. The Morgan fingerprint density at radius 3 is 2.57 bits per heavy atom. The maximum atomic E-state index is 14.1. The lowest BCUT2D eigenvalue weighted by molar-refractivity contribution is -0.176. The molecule has 1 atom stereocenters. The van der Waals surface area contributed by atoms with E-state index >= 15 is 0 Å². The van der Waals surface area contributed by atoms with Crippen molar-refractivity contribution >= 4 is 28.8 Å². The molecular formula is C21H25F3N4O2. The van der Waals surface area contributed by atoms with Crippen molar-refractivity contribution in [1.82, 2.24) is 14.9 Å². The van der Waals surface area contributed by atoms with Gasteiger partial charge in [0.05, 0.1) is 11.0 Å². The van der Waals surface area contributed by atoms with Crippen molar-refractivity contribution in [2.45, 2.75) is 70.6 Å². The molecule has 0 bridgehead atoms. The van der Waals surface area contributed by atoms with Crippen LogP contribution in [-0.2, 0) is 4.79 Å². The van der Waals surface area contributed by atoms with E-state index in [9.17, 15) is 22.8 Å². The van der Waals surface area contributed by atoms with Crippen molar-refractivity contribution in [2.75, 3.05) is 5.32 Å². The van der Waals surface area contributed by atoms with Crippen LogP contribution in [0.3, 0.4) is 0 Å². The number of hydrogen-bond acceptors (Lipinski definition) is 4. The number of fused-ring (bicyclic) bond motifs is 3. The number of hydrogen-bond donors (Lipinski definition) is 2. The highest BCUT2D eigenvalue weighted by molar-refractivity contribution is 6.06. The van der Waals surface area contributed by atoms with Gasteiger partial charge >= 0.3 is 6.18 Å². The van der Waals surface area contributed by atoms with Crippen molar-refractivity contribution in [2.24, 2.45) is 5.92 Å². The van der Waals surface area contributed by atoms with E-state index in [2.05, 4.69) is 10.3 Å². The standard InChI is InChI=1S/C21H25F3N4O2/c1-12-10-15-16(11-13(12)2)28-18(30)20(21(22,23)24,27-19(28)25-15)26-17(29)9-8-14-6-4-3-5-7-14/h10-11,14H,3-9H2,1-2H3,(H,25,27)(H,26,29). The number of imidazole rings is 1. The monoisotopic (exact) mass is 422 g/mol. The third-order valence-corrected chi connectivity index (χ3v) is 6.35. The second-order valence-electron chi connectivity index (χ2n) is 8.46. The van der Waals surface area contributed by atoms with Crippen LogP contribution in [0.2, 0.25) is 0 Å². The van der Waals surface area contributed by atoms with E-state index in [4.69, 9.17) is 0 Å². The molecule has 30 heavy (non-hydrogen) atoms. The minimum Gasteiger partial charge on any atom is -0.318 e. The average molecular weight is 422 g/mol. The summed E-state index contributed by atoms with van der Waals surface area (Å²) in [5, 5.41) is 4.14. The number of halogens is 3. The lowest BCUT2D eigenvalue weighted by Gasteiger charge is -2.31. The largest absolute Gasteiger partial charge is 0.440 e. The molecular weight excluding hydrogens is 397 g/mol. The number of nitrogens with zero attached hydrogens (tertiary/aromatic N) is 2. The zero-order chi connectivity index (χ0) is 21.7. The first-order chi connectivity index (χ1) is 14.1. The summed E-state index contributed by atoms with van der Waals surface area (Å²) in [6.07, 6.45) is 0.786. The summed E-state index contributed by atoms with van der Waals surface area (Å²) in [6.45, 7) is 3.67. The fourth-order valence-corrected chi connectivity index (χ4v) is 4.44. The number of amides is 1. The molecule has 0 saturated heterocycles. The minimum absolute atomic E-state index is 0.0428. The molecule has 0 radical (unpaired) electrons. The minimum atomic E-state index is -5.03. The van der Waals surface area contributed by atoms with E-state index < -0.39 is 23.7 Å². The van der Waals surface area contributed by atoms with Gasteiger partial charge in [-0.25, -0.2) is 9.55 Å². The van der Waals surface area contributed by atoms with Crippen molar-refractivity contribution in [3.8, 4) is 0 Å². The Balaban J connectivity index is 1.60. The maximum Gasteiger partial charge on any atom is 0.440 e. The molecule has 162 valence electrons. The van der Waals surface area contributed by atoms with Crippen LogP contribution in [-0.4, -0.2) is 33.2 Å². The van der Waals surface area contributed by atoms with Gasteiger partial charge < -0.3 is 10.6 Å². The molecule has 2 heterocycles. The molecule has 1 unspecified atom stereocenters. The van der Waals surface area contributed by atoms with E-state index in [1.807, 2.05) is 19.2 Å². The van der Waals surface area contributed by atoms with Crippen molar-refractivity contribution in [3.63, 3.8) is 0 Å². The van der Waals surface area contributed by atoms with E-state index in [1.165, 1.54) is 0 Å². The molecule has 1 fully saturated rings. The zero-order valence-corrected chi connectivity index (χ0v) is 17.0. The molecule has 2 aromatic rings. The molecule has 0 spiro atoms. The highest BCUT2D eigenvalue weighted by Crippen LogP contribution is 2.40. The summed E-state index contributed by atoms with van der Waals surface area (Å²) in [5.41, 5.74) is -0.739. The van der Waals surface area contributed by atoms with Crippen LogP contribution >= 0.6 is 0 Å². The summed E-state index contributed by atoms with van der Waals surface area (Å²) in [4.78, 5) is 29.6. The zero-order valence-electron chi connectivity index (χ0n) is 17.0. The Morgan fingerprint density at radius 1 is 1.23 bits per heavy atom. The number of nitrogens with one attached hydrogen (secondary N) is 2. The highest BCUT2D eigenvalue weighted by Gasteiger charge is 2.66.